The Morgan fingerprint density at radius 1 is 1.17 bits per heavy atom. The fraction of sp³-hybridized carbons (Fsp3) is 0.412. The number of aromatic hydroxyl groups is 3. The Hall–Kier alpha value is -2.50. The van der Waals surface area contributed by atoms with Crippen molar-refractivity contribution in [3.05, 3.63) is 28.8 Å². The highest BCUT2D eigenvalue weighted by atomic mass is 16.5. The van der Waals surface area contributed by atoms with Crippen LogP contribution in [0, 0.1) is 5.92 Å². The fourth-order valence-corrected chi connectivity index (χ4v) is 1.97. The first-order chi connectivity index (χ1) is 10.6. The second-order valence-electron chi connectivity index (χ2n) is 5.67. The van der Waals surface area contributed by atoms with Gasteiger partial charge in [0.2, 0.25) is 0 Å². The molecule has 0 aromatic heterocycles. The van der Waals surface area contributed by atoms with E-state index in [0.717, 1.165) is 11.6 Å². The summed E-state index contributed by atoms with van der Waals surface area (Å²) in [4.78, 5) is 22.8. The van der Waals surface area contributed by atoms with Crippen molar-refractivity contribution in [3.8, 4) is 17.2 Å². The van der Waals surface area contributed by atoms with Gasteiger partial charge in [0.25, 0.3) is 0 Å². The van der Waals surface area contributed by atoms with E-state index in [1.54, 1.807) is 26.8 Å². The molecule has 0 amide bonds. The summed E-state index contributed by atoms with van der Waals surface area (Å²) in [6.07, 6.45) is 1.79. The van der Waals surface area contributed by atoms with Crippen LogP contribution in [0.4, 0.5) is 0 Å². The largest absolute Gasteiger partial charge is 0.507 e. The summed E-state index contributed by atoms with van der Waals surface area (Å²) < 4.78 is 4.84. The van der Waals surface area contributed by atoms with Crippen LogP contribution in [0.3, 0.4) is 0 Å². The minimum Gasteiger partial charge on any atom is -0.507 e. The van der Waals surface area contributed by atoms with Crippen LogP contribution in [0.15, 0.2) is 17.7 Å². The maximum absolute atomic E-state index is 12.1. The molecule has 0 fully saturated rings. The lowest BCUT2D eigenvalue weighted by Gasteiger charge is -2.14. The van der Waals surface area contributed by atoms with Crippen LogP contribution in [-0.4, -0.2) is 33.7 Å². The topological polar surface area (TPSA) is 104 Å². The second-order valence-corrected chi connectivity index (χ2v) is 5.67. The van der Waals surface area contributed by atoms with Crippen molar-refractivity contribution in [1.29, 1.82) is 0 Å². The summed E-state index contributed by atoms with van der Waals surface area (Å²) in [5.74, 6) is -2.43. The van der Waals surface area contributed by atoms with E-state index in [1.807, 2.05) is 0 Å². The van der Waals surface area contributed by atoms with Gasteiger partial charge >= 0.3 is 5.97 Å². The highest BCUT2D eigenvalue weighted by molar-refractivity contribution is 6.03. The van der Waals surface area contributed by atoms with Crippen LogP contribution < -0.4 is 0 Å². The van der Waals surface area contributed by atoms with Gasteiger partial charge in [0.15, 0.2) is 5.78 Å². The maximum atomic E-state index is 12.1. The number of hydrogen-bond acceptors (Lipinski definition) is 6. The van der Waals surface area contributed by atoms with E-state index in [4.69, 9.17) is 4.74 Å². The van der Waals surface area contributed by atoms with Crippen molar-refractivity contribution in [2.75, 3.05) is 6.61 Å². The van der Waals surface area contributed by atoms with Crippen LogP contribution in [0.25, 0.3) is 0 Å². The number of rotatable bonds is 6. The van der Waals surface area contributed by atoms with Crippen LogP contribution in [0.1, 0.15) is 43.6 Å². The van der Waals surface area contributed by atoms with Crippen LogP contribution in [-0.2, 0) is 16.0 Å². The normalized spacial score (nSPS) is 11.6. The van der Waals surface area contributed by atoms with E-state index in [2.05, 4.69) is 0 Å². The zero-order valence-corrected chi connectivity index (χ0v) is 13.7. The third-order valence-electron chi connectivity index (χ3n) is 3.29. The number of carbonyl (C=O) groups excluding carboxylic acids is 2. The predicted octanol–water partition coefficient (Wildman–Crippen LogP) is 2.69. The number of esters is 1. The smallest absolute Gasteiger partial charge is 0.302 e. The summed E-state index contributed by atoms with van der Waals surface area (Å²) >= 11 is 0. The van der Waals surface area contributed by atoms with Gasteiger partial charge in [0.1, 0.15) is 29.4 Å². The average molecular weight is 322 g/mol. The molecule has 0 atom stereocenters. The second kappa shape index (κ2) is 7.67. The lowest BCUT2D eigenvalue weighted by molar-refractivity contribution is -0.139. The lowest BCUT2D eigenvalue weighted by Crippen LogP contribution is -2.09. The number of allylic oxidation sites excluding steroid dienone is 1. The molecule has 1 aromatic carbocycles. The SMILES string of the molecule is CC(=O)OCC(C)=CCc1c(O)cc(O)c(C(=O)C(C)C)c1O. The van der Waals surface area contributed by atoms with Gasteiger partial charge in [0, 0.05) is 24.5 Å². The quantitative estimate of drug-likeness (QED) is 0.422. The highest BCUT2D eigenvalue weighted by Crippen LogP contribution is 2.39. The van der Waals surface area contributed by atoms with E-state index in [1.165, 1.54) is 6.92 Å². The minimum atomic E-state index is -0.455. The van der Waals surface area contributed by atoms with Crippen molar-refractivity contribution in [1.82, 2.24) is 0 Å². The Balaban J connectivity index is 3.12. The third-order valence-corrected chi connectivity index (χ3v) is 3.29. The molecule has 1 aromatic rings. The van der Waals surface area contributed by atoms with Gasteiger partial charge in [0.05, 0.1) is 0 Å². The van der Waals surface area contributed by atoms with Crippen LogP contribution in [0.5, 0.6) is 17.2 Å². The first-order valence-electron chi connectivity index (χ1n) is 7.25. The molecule has 126 valence electrons. The number of Topliss-reactive ketones (excluding diaryl/α,β-unsaturated/α-hetero) is 1. The Morgan fingerprint density at radius 3 is 2.30 bits per heavy atom. The molecule has 0 spiro atoms. The summed E-state index contributed by atoms with van der Waals surface area (Å²) in [6, 6.07) is 1.04. The van der Waals surface area contributed by atoms with Gasteiger partial charge in [-0.15, -0.1) is 0 Å². The first kappa shape index (κ1) is 18.5. The molecule has 0 bridgehead atoms. The van der Waals surface area contributed by atoms with E-state index >= 15 is 0 Å². The third kappa shape index (κ3) is 4.74. The zero-order valence-electron chi connectivity index (χ0n) is 13.7. The van der Waals surface area contributed by atoms with Crippen molar-refractivity contribution >= 4 is 11.8 Å². The predicted molar refractivity (Wildman–Crippen MR) is 84.7 cm³/mol. The van der Waals surface area contributed by atoms with E-state index in [-0.39, 0.29) is 29.9 Å². The molecule has 0 saturated heterocycles. The summed E-state index contributed by atoms with van der Waals surface area (Å²) in [5, 5.41) is 30.0. The first-order valence-corrected chi connectivity index (χ1v) is 7.25. The number of phenols is 3. The Bertz CT molecular complexity index is 643. The van der Waals surface area contributed by atoms with Gasteiger partial charge in [-0.3, -0.25) is 9.59 Å². The van der Waals surface area contributed by atoms with Gasteiger partial charge < -0.3 is 20.1 Å². The number of benzene rings is 1. The standard InChI is InChI=1S/C17H22O6/c1-9(2)16(21)15-14(20)7-13(19)12(17(15)22)6-5-10(3)8-23-11(4)18/h5,7,9,19-20,22H,6,8H2,1-4H3. The van der Waals surface area contributed by atoms with Gasteiger partial charge in [-0.2, -0.15) is 0 Å². The highest BCUT2D eigenvalue weighted by Gasteiger charge is 2.23. The number of hydrogen-bond donors (Lipinski definition) is 3. The zero-order chi connectivity index (χ0) is 17.7. The van der Waals surface area contributed by atoms with Gasteiger partial charge in [-0.25, -0.2) is 0 Å². The number of carbonyl (C=O) groups is 2. The molecule has 0 radical (unpaired) electrons. The molecule has 0 aliphatic heterocycles. The molecule has 0 aliphatic carbocycles. The molecule has 0 unspecified atom stereocenters. The summed E-state index contributed by atoms with van der Waals surface area (Å²) in [5.41, 5.74) is 0.664. The Labute approximate surface area is 135 Å². The van der Waals surface area contributed by atoms with Crippen molar-refractivity contribution in [2.45, 2.75) is 34.1 Å². The fourth-order valence-electron chi connectivity index (χ4n) is 1.97. The lowest BCUT2D eigenvalue weighted by atomic mass is 9.95. The number of phenolic OH excluding ortho intramolecular Hbond substituents is 3. The molecular formula is C17H22O6. The molecule has 6 nitrogen and oxygen atoms in total. The Kier molecular flexibility index (Phi) is 6.18. The van der Waals surface area contributed by atoms with Crippen LogP contribution in [0.2, 0.25) is 0 Å². The average Bonchev–Trinajstić information content (AvgIpc) is 2.44. The van der Waals surface area contributed by atoms with E-state index in [9.17, 15) is 24.9 Å². The molecule has 0 aliphatic rings. The number of ketones is 1. The molecule has 6 heteroatoms. The van der Waals surface area contributed by atoms with E-state index in [0.29, 0.717) is 0 Å². The summed E-state index contributed by atoms with van der Waals surface area (Å²) in [7, 11) is 0. The maximum Gasteiger partial charge on any atom is 0.302 e. The molecule has 0 heterocycles. The molecule has 3 N–H and O–H groups in total. The van der Waals surface area contributed by atoms with Crippen molar-refractivity contribution < 1.29 is 29.6 Å². The van der Waals surface area contributed by atoms with Crippen LogP contribution >= 0.6 is 0 Å². The molecule has 23 heavy (non-hydrogen) atoms. The van der Waals surface area contributed by atoms with Gasteiger partial charge in [-0.05, 0) is 18.9 Å². The monoisotopic (exact) mass is 322 g/mol. The number of ether oxygens (including phenoxy) is 1. The minimum absolute atomic E-state index is 0.104. The van der Waals surface area contributed by atoms with E-state index < -0.39 is 29.2 Å². The molecule has 0 saturated carbocycles. The van der Waals surface area contributed by atoms with Crippen molar-refractivity contribution in [3.63, 3.8) is 0 Å². The van der Waals surface area contributed by atoms with Crippen molar-refractivity contribution in [2.24, 2.45) is 5.92 Å². The molecular weight excluding hydrogens is 300 g/mol. The Morgan fingerprint density at radius 2 is 1.78 bits per heavy atom. The summed E-state index contributed by atoms with van der Waals surface area (Å²) in [6.45, 7) is 6.44. The molecule has 1 rings (SSSR count). The van der Waals surface area contributed by atoms with Gasteiger partial charge in [-0.1, -0.05) is 19.9 Å².